The highest BCUT2D eigenvalue weighted by molar-refractivity contribution is 5.28. The molecule has 88 valence electrons. The fourth-order valence-corrected chi connectivity index (χ4v) is 2.72. The lowest BCUT2D eigenvalue weighted by atomic mass is 9.52. The summed E-state index contributed by atoms with van der Waals surface area (Å²) >= 11 is 0. The van der Waals surface area contributed by atoms with E-state index in [-0.39, 0.29) is 5.41 Å². The predicted molar refractivity (Wildman–Crippen MR) is 67.1 cm³/mol. The zero-order valence-electron chi connectivity index (χ0n) is 10.5. The lowest BCUT2D eigenvalue weighted by Crippen LogP contribution is -2.50. The van der Waals surface area contributed by atoms with Crippen molar-refractivity contribution in [1.29, 1.82) is 0 Å². The molecule has 0 aliphatic heterocycles. The van der Waals surface area contributed by atoms with E-state index >= 15 is 0 Å². The Hall–Kier alpha value is -0.890. The Bertz CT molecular complexity index is 345. The van der Waals surface area contributed by atoms with Crippen LogP contribution in [-0.4, -0.2) is 11.5 Å². The van der Waals surface area contributed by atoms with E-state index in [1.807, 2.05) is 12.4 Å². The van der Waals surface area contributed by atoms with Gasteiger partial charge in [0, 0.05) is 24.4 Å². The van der Waals surface area contributed by atoms with Crippen molar-refractivity contribution in [2.24, 2.45) is 17.1 Å². The number of aromatic nitrogens is 1. The maximum atomic E-state index is 5.99. The van der Waals surface area contributed by atoms with E-state index in [2.05, 4.69) is 37.9 Å². The molecule has 0 bridgehead atoms. The van der Waals surface area contributed by atoms with Crippen LogP contribution in [0.3, 0.4) is 0 Å². The Morgan fingerprint density at radius 3 is 2.31 bits per heavy atom. The molecule has 2 heteroatoms. The quantitative estimate of drug-likeness (QED) is 0.829. The molecule has 0 atom stereocenters. The molecule has 1 aromatic heterocycles. The fraction of sp³-hybridized carbons (Fsp3) is 0.643. The van der Waals surface area contributed by atoms with Gasteiger partial charge in [0.25, 0.3) is 0 Å². The summed E-state index contributed by atoms with van der Waals surface area (Å²) in [6, 6.07) is 4.23. The van der Waals surface area contributed by atoms with Crippen LogP contribution < -0.4 is 5.73 Å². The van der Waals surface area contributed by atoms with Crippen molar-refractivity contribution in [2.75, 3.05) is 6.54 Å². The summed E-state index contributed by atoms with van der Waals surface area (Å²) in [4.78, 5) is 4.08. The van der Waals surface area contributed by atoms with E-state index in [0.717, 1.165) is 12.5 Å². The van der Waals surface area contributed by atoms with Crippen LogP contribution in [0.2, 0.25) is 0 Å². The Balaban J connectivity index is 2.15. The molecule has 0 saturated heterocycles. The molecule has 2 N–H and O–H groups in total. The standard InChI is InChI=1S/C14H22N2/c1-13(2,3)12-8-14(9-12,10-15)11-4-6-16-7-5-11/h4-7,12H,8-10,15H2,1-3H3. The molecule has 1 aliphatic carbocycles. The summed E-state index contributed by atoms with van der Waals surface area (Å²) in [6.45, 7) is 7.73. The molecule has 0 amide bonds. The third kappa shape index (κ3) is 1.86. The van der Waals surface area contributed by atoms with Gasteiger partial charge in [-0.3, -0.25) is 4.98 Å². The van der Waals surface area contributed by atoms with Gasteiger partial charge in [-0.2, -0.15) is 0 Å². The maximum absolute atomic E-state index is 5.99. The van der Waals surface area contributed by atoms with Crippen LogP contribution in [0, 0.1) is 11.3 Å². The lowest BCUT2D eigenvalue weighted by Gasteiger charge is -2.53. The summed E-state index contributed by atoms with van der Waals surface area (Å²) in [5.74, 6) is 0.796. The van der Waals surface area contributed by atoms with Gasteiger partial charge in [-0.05, 0) is 41.9 Å². The van der Waals surface area contributed by atoms with Gasteiger partial charge in [-0.25, -0.2) is 0 Å². The highest BCUT2D eigenvalue weighted by Gasteiger charge is 2.48. The zero-order chi connectivity index (χ0) is 11.8. The van der Waals surface area contributed by atoms with Gasteiger partial charge in [0.1, 0.15) is 0 Å². The van der Waals surface area contributed by atoms with E-state index in [4.69, 9.17) is 5.73 Å². The first kappa shape index (κ1) is 11.6. The molecule has 1 saturated carbocycles. The Kier molecular flexibility index (Phi) is 2.79. The van der Waals surface area contributed by atoms with Crippen molar-refractivity contribution in [3.8, 4) is 0 Å². The summed E-state index contributed by atoms with van der Waals surface area (Å²) in [5, 5.41) is 0. The third-order valence-electron chi connectivity index (χ3n) is 4.18. The first-order valence-electron chi connectivity index (χ1n) is 6.08. The molecule has 16 heavy (non-hydrogen) atoms. The molecule has 1 aliphatic rings. The second kappa shape index (κ2) is 3.85. The van der Waals surface area contributed by atoms with Crippen molar-refractivity contribution < 1.29 is 0 Å². The molecule has 1 fully saturated rings. The Morgan fingerprint density at radius 2 is 1.88 bits per heavy atom. The smallest absolute Gasteiger partial charge is 0.0270 e. The van der Waals surface area contributed by atoms with Gasteiger partial charge in [0.05, 0.1) is 0 Å². The lowest BCUT2D eigenvalue weighted by molar-refractivity contribution is 0.0503. The van der Waals surface area contributed by atoms with Gasteiger partial charge in [-0.1, -0.05) is 20.8 Å². The van der Waals surface area contributed by atoms with Crippen molar-refractivity contribution in [3.63, 3.8) is 0 Å². The van der Waals surface area contributed by atoms with Gasteiger partial charge in [0.2, 0.25) is 0 Å². The Labute approximate surface area is 98.3 Å². The molecule has 0 unspecified atom stereocenters. The molecule has 1 aromatic rings. The number of nitrogens with two attached hydrogens (primary N) is 1. The molecular formula is C14H22N2. The molecule has 2 rings (SSSR count). The minimum absolute atomic E-state index is 0.223. The van der Waals surface area contributed by atoms with Crippen molar-refractivity contribution in [2.45, 2.75) is 39.0 Å². The summed E-state index contributed by atoms with van der Waals surface area (Å²) in [6.07, 6.45) is 6.18. The highest BCUT2D eigenvalue weighted by atomic mass is 14.7. The topological polar surface area (TPSA) is 38.9 Å². The second-order valence-corrected chi connectivity index (χ2v) is 6.19. The van der Waals surface area contributed by atoms with Crippen LogP contribution in [0.15, 0.2) is 24.5 Å². The normalized spacial score (nSPS) is 29.9. The minimum atomic E-state index is 0.223. The van der Waals surface area contributed by atoms with E-state index in [1.165, 1.54) is 18.4 Å². The first-order valence-corrected chi connectivity index (χ1v) is 6.08. The Morgan fingerprint density at radius 1 is 1.31 bits per heavy atom. The van der Waals surface area contributed by atoms with E-state index in [1.54, 1.807) is 0 Å². The van der Waals surface area contributed by atoms with Gasteiger partial charge < -0.3 is 5.73 Å². The minimum Gasteiger partial charge on any atom is -0.330 e. The highest BCUT2D eigenvalue weighted by Crippen LogP contribution is 2.53. The molecular weight excluding hydrogens is 196 g/mol. The van der Waals surface area contributed by atoms with E-state index < -0.39 is 0 Å². The SMILES string of the molecule is CC(C)(C)C1CC(CN)(c2ccncc2)C1. The fourth-order valence-electron chi connectivity index (χ4n) is 2.72. The predicted octanol–water partition coefficient (Wildman–Crippen LogP) is 2.73. The number of pyridine rings is 1. The van der Waals surface area contributed by atoms with E-state index in [0.29, 0.717) is 5.41 Å². The zero-order valence-corrected chi connectivity index (χ0v) is 10.5. The first-order chi connectivity index (χ1) is 7.48. The monoisotopic (exact) mass is 218 g/mol. The summed E-state index contributed by atoms with van der Waals surface area (Å²) in [5.41, 5.74) is 7.98. The van der Waals surface area contributed by atoms with Crippen molar-refractivity contribution in [1.82, 2.24) is 4.98 Å². The van der Waals surface area contributed by atoms with Crippen LogP contribution in [0.4, 0.5) is 0 Å². The van der Waals surface area contributed by atoms with Gasteiger partial charge >= 0.3 is 0 Å². The summed E-state index contributed by atoms with van der Waals surface area (Å²) in [7, 11) is 0. The molecule has 0 radical (unpaired) electrons. The largest absolute Gasteiger partial charge is 0.330 e. The van der Waals surface area contributed by atoms with Crippen molar-refractivity contribution in [3.05, 3.63) is 30.1 Å². The maximum Gasteiger partial charge on any atom is 0.0270 e. The van der Waals surface area contributed by atoms with Crippen LogP contribution in [-0.2, 0) is 5.41 Å². The van der Waals surface area contributed by atoms with Crippen molar-refractivity contribution >= 4 is 0 Å². The third-order valence-corrected chi connectivity index (χ3v) is 4.18. The number of rotatable bonds is 2. The number of hydrogen-bond donors (Lipinski definition) is 1. The van der Waals surface area contributed by atoms with Gasteiger partial charge in [-0.15, -0.1) is 0 Å². The number of hydrogen-bond acceptors (Lipinski definition) is 2. The molecule has 2 nitrogen and oxygen atoms in total. The van der Waals surface area contributed by atoms with Gasteiger partial charge in [0.15, 0.2) is 0 Å². The molecule has 0 spiro atoms. The average molecular weight is 218 g/mol. The summed E-state index contributed by atoms with van der Waals surface area (Å²) < 4.78 is 0. The number of nitrogens with zero attached hydrogens (tertiary/aromatic N) is 1. The molecule has 0 aromatic carbocycles. The van der Waals surface area contributed by atoms with E-state index in [9.17, 15) is 0 Å². The molecule has 1 heterocycles. The van der Waals surface area contributed by atoms with Crippen LogP contribution in [0.5, 0.6) is 0 Å². The average Bonchev–Trinajstić information content (AvgIpc) is 2.16. The van der Waals surface area contributed by atoms with Crippen LogP contribution >= 0.6 is 0 Å². The van der Waals surface area contributed by atoms with Crippen LogP contribution in [0.1, 0.15) is 39.2 Å². The second-order valence-electron chi connectivity index (χ2n) is 6.19. The van der Waals surface area contributed by atoms with Crippen LogP contribution in [0.25, 0.3) is 0 Å².